The van der Waals surface area contributed by atoms with Crippen molar-refractivity contribution in [3.8, 4) is 23.3 Å². The SMILES string of the molecule is C[Si](C)(C)C#CC#CC(=O)c1ccc(Br)cc1. The summed E-state index contributed by atoms with van der Waals surface area (Å²) in [5.74, 6) is 7.72. The Hall–Kier alpha value is -1.29. The Morgan fingerprint density at radius 3 is 2.24 bits per heavy atom. The number of ketones is 1. The van der Waals surface area contributed by atoms with Gasteiger partial charge in [-0.15, -0.1) is 5.54 Å². The van der Waals surface area contributed by atoms with E-state index in [1.165, 1.54) is 0 Å². The van der Waals surface area contributed by atoms with Crippen LogP contribution in [0.2, 0.25) is 19.6 Å². The van der Waals surface area contributed by atoms with Crippen molar-refractivity contribution in [2.45, 2.75) is 19.6 Å². The van der Waals surface area contributed by atoms with Crippen molar-refractivity contribution < 1.29 is 4.79 Å². The first-order chi connectivity index (χ1) is 7.88. The van der Waals surface area contributed by atoms with Gasteiger partial charge in [-0.25, -0.2) is 0 Å². The number of carbonyl (C=O) groups excluding carboxylic acids is 1. The van der Waals surface area contributed by atoms with Crippen LogP contribution in [0.15, 0.2) is 28.7 Å². The summed E-state index contributed by atoms with van der Waals surface area (Å²) in [7, 11) is -1.40. The van der Waals surface area contributed by atoms with E-state index in [0.717, 1.165) is 4.47 Å². The van der Waals surface area contributed by atoms with Gasteiger partial charge in [0.2, 0.25) is 5.78 Å². The van der Waals surface area contributed by atoms with Crippen LogP contribution in [-0.4, -0.2) is 13.9 Å². The largest absolute Gasteiger partial charge is 0.279 e. The Balaban J connectivity index is 2.76. The second-order valence-electron chi connectivity index (χ2n) is 4.59. The van der Waals surface area contributed by atoms with Gasteiger partial charge in [-0.3, -0.25) is 4.79 Å². The van der Waals surface area contributed by atoms with Crippen molar-refractivity contribution in [3.05, 3.63) is 34.3 Å². The van der Waals surface area contributed by atoms with Gasteiger partial charge in [-0.1, -0.05) is 35.6 Å². The summed E-state index contributed by atoms with van der Waals surface area (Å²) in [6.07, 6.45) is 0. The normalized spacial score (nSPS) is 9.65. The molecule has 0 fully saturated rings. The molecule has 0 aliphatic rings. The van der Waals surface area contributed by atoms with Crippen LogP contribution in [0.5, 0.6) is 0 Å². The Bertz CT molecular complexity index is 530. The number of carbonyl (C=O) groups is 1. The van der Waals surface area contributed by atoms with Gasteiger partial charge in [0.15, 0.2) is 0 Å². The first kappa shape index (κ1) is 13.8. The third-order valence-electron chi connectivity index (χ3n) is 1.78. The predicted octanol–water partition coefficient (Wildman–Crippen LogP) is 3.52. The summed E-state index contributed by atoms with van der Waals surface area (Å²) in [4.78, 5) is 11.6. The molecule has 86 valence electrons. The number of rotatable bonds is 1. The summed E-state index contributed by atoms with van der Waals surface area (Å²) in [6.45, 7) is 6.41. The lowest BCUT2D eigenvalue weighted by atomic mass is 10.1. The third kappa shape index (κ3) is 5.54. The average Bonchev–Trinajstić information content (AvgIpc) is 2.24. The molecule has 0 bridgehead atoms. The Morgan fingerprint density at radius 2 is 1.71 bits per heavy atom. The minimum Gasteiger partial charge on any atom is -0.279 e. The summed E-state index contributed by atoms with van der Waals surface area (Å²) < 4.78 is 0.945. The molecule has 3 heteroatoms. The quantitative estimate of drug-likeness (QED) is 0.336. The van der Waals surface area contributed by atoms with E-state index in [2.05, 4.69) is 58.9 Å². The van der Waals surface area contributed by atoms with E-state index < -0.39 is 8.07 Å². The molecule has 0 aliphatic heterocycles. The number of hydrogen-bond acceptors (Lipinski definition) is 1. The smallest absolute Gasteiger partial charge is 0.236 e. The molecule has 0 atom stereocenters. The summed E-state index contributed by atoms with van der Waals surface area (Å²) in [5.41, 5.74) is 3.69. The maximum absolute atomic E-state index is 11.6. The van der Waals surface area contributed by atoms with Gasteiger partial charge in [0, 0.05) is 10.0 Å². The number of benzene rings is 1. The van der Waals surface area contributed by atoms with E-state index in [1.54, 1.807) is 12.1 Å². The molecule has 0 unspecified atom stereocenters. The molecule has 0 saturated carbocycles. The molecule has 1 aromatic carbocycles. The monoisotopic (exact) mass is 304 g/mol. The second kappa shape index (κ2) is 5.86. The van der Waals surface area contributed by atoms with Crippen molar-refractivity contribution in [1.29, 1.82) is 0 Å². The Morgan fingerprint density at radius 1 is 1.12 bits per heavy atom. The first-order valence-electron chi connectivity index (χ1n) is 5.21. The van der Waals surface area contributed by atoms with Crippen molar-refractivity contribution >= 4 is 29.8 Å². The zero-order valence-corrected chi connectivity index (χ0v) is 12.7. The molecular formula is C14H13BrOSi. The van der Waals surface area contributed by atoms with E-state index in [-0.39, 0.29) is 5.78 Å². The highest BCUT2D eigenvalue weighted by Crippen LogP contribution is 2.10. The van der Waals surface area contributed by atoms with Crippen LogP contribution in [0.1, 0.15) is 10.4 Å². The molecule has 0 heterocycles. The maximum Gasteiger partial charge on any atom is 0.236 e. The molecule has 1 nitrogen and oxygen atoms in total. The van der Waals surface area contributed by atoms with E-state index in [4.69, 9.17) is 0 Å². The highest BCUT2D eigenvalue weighted by Gasteiger charge is 2.06. The molecule has 17 heavy (non-hydrogen) atoms. The van der Waals surface area contributed by atoms with Crippen LogP contribution in [0, 0.1) is 23.3 Å². The highest BCUT2D eigenvalue weighted by molar-refractivity contribution is 9.10. The van der Waals surface area contributed by atoms with Crippen LogP contribution in [0.25, 0.3) is 0 Å². The molecular weight excluding hydrogens is 292 g/mol. The van der Waals surface area contributed by atoms with E-state index >= 15 is 0 Å². The van der Waals surface area contributed by atoms with Gasteiger partial charge >= 0.3 is 0 Å². The molecule has 1 aromatic rings. The molecule has 0 amide bonds. The van der Waals surface area contributed by atoms with Crippen LogP contribution < -0.4 is 0 Å². The topological polar surface area (TPSA) is 17.1 Å². The Kier molecular flexibility index (Phi) is 4.75. The van der Waals surface area contributed by atoms with Gasteiger partial charge in [0.05, 0.1) is 0 Å². The molecule has 0 radical (unpaired) electrons. The van der Waals surface area contributed by atoms with E-state index in [1.807, 2.05) is 12.1 Å². The summed E-state index contributed by atoms with van der Waals surface area (Å²) in [6, 6.07) is 7.13. The lowest BCUT2D eigenvalue weighted by Crippen LogP contribution is -2.16. The third-order valence-corrected chi connectivity index (χ3v) is 3.19. The zero-order chi connectivity index (χ0) is 12.9. The van der Waals surface area contributed by atoms with Crippen LogP contribution in [0.3, 0.4) is 0 Å². The van der Waals surface area contributed by atoms with Crippen LogP contribution in [0.4, 0.5) is 0 Å². The molecule has 0 aromatic heterocycles. The van der Waals surface area contributed by atoms with Gasteiger partial charge in [-0.05, 0) is 42.0 Å². The van der Waals surface area contributed by atoms with Crippen molar-refractivity contribution in [1.82, 2.24) is 0 Å². The fraction of sp³-hybridized carbons (Fsp3) is 0.214. The lowest BCUT2D eigenvalue weighted by Gasteiger charge is -2.01. The summed E-state index contributed by atoms with van der Waals surface area (Å²) >= 11 is 3.32. The van der Waals surface area contributed by atoms with Gasteiger partial charge < -0.3 is 0 Å². The van der Waals surface area contributed by atoms with E-state index in [9.17, 15) is 4.79 Å². The lowest BCUT2D eigenvalue weighted by molar-refractivity contribution is 0.105. The molecule has 1 rings (SSSR count). The van der Waals surface area contributed by atoms with Crippen LogP contribution in [-0.2, 0) is 0 Å². The number of hydrogen-bond donors (Lipinski definition) is 0. The average molecular weight is 305 g/mol. The van der Waals surface area contributed by atoms with Crippen molar-refractivity contribution in [2.75, 3.05) is 0 Å². The number of halogens is 1. The predicted molar refractivity (Wildman–Crippen MR) is 77.4 cm³/mol. The first-order valence-corrected chi connectivity index (χ1v) is 9.51. The van der Waals surface area contributed by atoms with Crippen molar-refractivity contribution in [2.24, 2.45) is 0 Å². The molecule has 0 N–H and O–H groups in total. The summed E-state index contributed by atoms with van der Waals surface area (Å²) in [5, 5.41) is 0. The Labute approximate surface area is 112 Å². The molecule has 0 spiro atoms. The minimum absolute atomic E-state index is 0.192. The molecule has 0 saturated heterocycles. The standard InChI is InChI=1S/C14H13BrOSi/c1-17(2,3)11-5-4-6-14(16)12-7-9-13(15)10-8-12/h7-10H,1-3H3. The maximum atomic E-state index is 11.6. The van der Waals surface area contributed by atoms with E-state index in [0.29, 0.717) is 5.56 Å². The fourth-order valence-electron chi connectivity index (χ4n) is 0.980. The zero-order valence-electron chi connectivity index (χ0n) is 10.1. The van der Waals surface area contributed by atoms with Gasteiger partial charge in [-0.2, -0.15) is 0 Å². The highest BCUT2D eigenvalue weighted by atomic mass is 79.9. The minimum atomic E-state index is -1.40. The number of Topliss-reactive ketones (excluding diaryl/α,β-unsaturated/α-hetero) is 1. The van der Waals surface area contributed by atoms with Crippen LogP contribution >= 0.6 is 15.9 Å². The van der Waals surface area contributed by atoms with Gasteiger partial charge in [0.25, 0.3) is 0 Å². The van der Waals surface area contributed by atoms with Crippen molar-refractivity contribution in [3.63, 3.8) is 0 Å². The molecule has 0 aliphatic carbocycles. The fourth-order valence-corrected chi connectivity index (χ4v) is 1.68. The van der Waals surface area contributed by atoms with Gasteiger partial charge in [0.1, 0.15) is 8.07 Å². The second-order valence-corrected chi connectivity index (χ2v) is 10.3.